The van der Waals surface area contributed by atoms with Gasteiger partial charge in [-0.25, -0.2) is 4.98 Å². The van der Waals surface area contributed by atoms with Crippen LogP contribution in [0.3, 0.4) is 0 Å². The van der Waals surface area contributed by atoms with Gasteiger partial charge in [-0.15, -0.1) is 0 Å². The van der Waals surface area contributed by atoms with Crippen LogP contribution in [0.5, 0.6) is 17.2 Å². The maximum atomic E-state index is 13.0. The molecule has 2 aromatic carbocycles. The molecule has 3 aromatic rings. The Balaban J connectivity index is 1.91. The first kappa shape index (κ1) is 20.3. The molecule has 3 rings (SSSR count). The highest BCUT2D eigenvalue weighted by Gasteiger charge is 2.24. The Labute approximate surface area is 170 Å². The zero-order chi connectivity index (χ0) is 20.8. The molecule has 0 fully saturated rings. The van der Waals surface area contributed by atoms with Crippen LogP contribution in [-0.2, 0) is 18.3 Å². The maximum Gasteiger partial charge on any atom is 0.225 e. The molecule has 0 saturated carbocycles. The van der Waals surface area contributed by atoms with Crippen LogP contribution in [0.15, 0.2) is 54.9 Å². The number of hydrogen-bond acceptors (Lipinski definition) is 5. The molecule has 29 heavy (non-hydrogen) atoms. The van der Waals surface area contributed by atoms with Crippen LogP contribution in [0.25, 0.3) is 0 Å². The van der Waals surface area contributed by atoms with Gasteiger partial charge in [0, 0.05) is 30.6 Å². The molecule has 0 spiro atoms. The highest BCUT2D eigenvalue weighted by molar-refractivity contribution is 5.80. The smallest absolute Gasteiger partial charge is 0.225 e. The third-order valence-electron chi connectivity index (χ3n) is 4.71. The minimum absolute atomic E-state index is 0.135. The number of nitrogens with zero attached hydrogens (tertiary/aromatic N) is 2. The van der Waals surface area contributed by atoms with Crippen molar-refractivity contribution in [2.45, 2.75) is 12.5 Å². The van der Waals surface area contributed by atoms with Gasteiger partial charge >= 0.3 is 0 Å². The number of rotatable bonds is 8. The number of imidazole rings is 1. The molecule has 0 aliphatic rings. The van der Waals surface area contributed by atoms with Crippen molar-refractivity contribution in [3.05, 3.63) is 71.8 Å². The first-order chi connectivity index (χ1) is 14.1. The molecule has 0 aliphatic heterocycles. The topological polar surface area (TPSA) is 74.6 Å². The van der Waals surface area contributed by atoms with Gasteiger partial charge in [0.2, 0.25) is 5.91 Å². The molecule has 7 nitrogen and oxygen atoms in total. The molecule has 1 amide bonds. The number of carbonyl (C=O) groups is 1. The van der Waals surface area contributed by atoms with Gasteiger partial charge in [0.15, 0.2) is 0 Å². The third-order valence-corrected chi connectivity index (χ3v) is 4.71. The van der Waals surface area contributed by atoms with Crippen molar-refractivity contribution in [3.63, 3.8) is 0 Å². The number of hydrogen-bond donors (Lipinski definition) is 1. The molecule has 1 N–H and O–H groups in total. The fourth-order valence-corrected chi connectivity index (χ4v) is 3.25. The summed E-state index contributed by atoms with van der Waals surface area (Å²) >= 11 is 0. The summed E-state index contributed by atoms with van der Waals surface area (Å²) in [6.07, 6.45) is 3.68. The van der Waals surface area contributed by atoms with Crippen molar-refractivity contribution in [2.24, 2.45) is 7.05 Å². The fourth-order valence-electron chi connectivity index (χ4n) is 3.25. The monoisotopic (exact) mass is 395 g/mol. The minimum Gasteiger partial charge on any atom is -0.497 e. The van der Waals surface area contributed by atoms with Gasteiger partial charge in [0.1, 0.15) is 29.1 Å². The van der Waals surface area contributed by atoms with E-state index in [9.17, 15) is 4.79 Å². The fraction of sp³-hybridized carbons (Fsp3) is 0.273. The number of aromatic nitrogens is 2. The van der Waals surface area contributed by atoms with Gasteiger partial charge < -0.3 is 24.1 Å². The molecule has 1 aromatic heterocycles. The lowest BCUT2D eigenvalue weighted by Crippen LogP contribution is -2.32. The first-order valence-electron chi connectivity index (χ1n) is 9.17. The Kier molecular flexibility index (Phi) is 6.39. The van der Waals surface area contributed by atoms with Crippen molar-refractivity contribution in [2.75, 3.05) is 21.3 Å². The van der Waals surface area contributed by atoms with Crippen LogP contribution >= 0.6 is 0 Å². The Hall–Kier alpha value is -3.48. The van der Waals surface area contributed by atoms with E-state index in [2.05, 4.69) is 10.3 Å². The average molecular weight is 395 g/mol. The first-order valence-corrected chi connectivity index (χ1v) is 9.17. The highest BCUT2D eigenvalue weighted by Crippen LogP contribution is 2.30. The largest absolute Gasteiger partial charge is 0.497 e. The van der Waals surface area contributed by atoms with E-state index in [-0.39, 0.29) is 12.3 Å². The van der Waals surface area contributed by atoms with Crippen LogP contribution in [-0.4, -0.2) is 36.8 Å². The summed E-state index contributed by atoms with van der Waals surface area (Å²) in [6.45, 7) is 0. The number of nitrogens with one attached hydrogen (secondary N) is 1. The molecule has 1 unspecified atom stereocenters. The van der Waals surface area contributed by atoms with Crippen LogP contribution in [0.4, 0.5) is 0 Å². The molecule has 0 radical (unpaired) electrons. The van der Waals surface area contributed by atoms with Gasteiger partial charge in [-0.3, -0.25) is 4.79 Å². The van der Waals surface area contributed by atoms with Crippen molar-refractivity contribution in [1.82, 2.24) is 14.9 Å². The van der Waals surface area contributed by atoms with E-state index < -0.39 is 6.04 Å². The van der Waals surface area contributed by atoms with Crippen LogP contribution in [0, 0.1) is 0 Å². The van der Waals surface area contributed by atoms with Gasteiger partial charge in [0.05, 0.1) is 27.8 Å². The Morgan fingerprint density at radius 2 is 1.83 bits per heavy atom. The summed E-state index contributed by atoms with van der Waals surface area (Å²) in [6, 6.07) is 12.5. The lowest BCUT2D eigenvalue weighted by atomic mass is 10.0. The van der Waals surface area contributed by atoms with E-state index in [1.165, 1.54) is 0 Å². The van der Waals surface area contributed by atoms with Crippen molar-refractivity contribution >= 4 is 5.91 Å². The van der Waals surface area contributed by atoms with E-state index >= 15 is 0 Å². The lowest BCUT2D eigenvalue weighted by molar-refractivity contribution is -0.121. The zero-order valence-electron chi connectivity index (χ0n) is 17.0. The predicted octanol–water partition coefficient (Wildman–Crippen LogP) is 2.89. The number of ether oxygens (including phenoxy) is 3. The van der Waals surface area contributed by atoms with E-state index in [0.717, 1.165) is 11.1 Å². The second-order valence-electron chi connectivity index (χ2n) is 6.49. The number of aryl methyl sites for hydroxylation is 1. The Morgan fingerprint density at radius 1 is 1.07 bits per heavy atom. The number of methoxy groups -OCH3 is 3. The third kappa shape index (κ3) is 4.51. The molecule has 0 aliphatic carbocycles. The summed E-state index contributed by atoms with van der Waals surface area (Å²) in [7, 11) is 6.67. The van der Waals surface area contributed by atoms with Gasteiger partial charge in [-0.2, -0.15) is 0 Å². The van der Waals surface area contributed by atoms with Crippen molar-refractivity contribution in [1.29, 1.82) is 0 Å². The zero-order valence-corrected chi connectivity index (χ0v) is 17.0. The van der Waals surface area contributed by atoms with E-state index in [1.807, 2.05) is 42.1 Å². The summed E-state index contributed by atoms with van der Waals surface area (Å²) in [5.41, 5.74) is 1.57. The maximum absolute atomic E-state index is 13.0. The van der Waals surface area contributed by atoms with Crippen molar-refractivity contribution < 1.29 is 19.0 Å². The molecule has 1 atom stereocenters. The SMILES string of the molecule is COc1ccc(OC)c(CC(=O)NC(c2ccccc2OC)c2nccn2C)c1. The lowest BCUT2D eigenvalue weighted by Gasteiger charge is -2.21. The van der Waals surface area contributed by atoms with Crippen molar-refractivity contribution in [3.8, 4) is 17.2 Å². The number of para-hydroxylation sites is 1. The molecule has 0 bridgehead atoms. The second kappa shape index (κ2) is 9.14. The van der Waals surface area contributed by atoms with Crippen LogP contribution in [0.2, 0.25) is 0 Å². The molecule has 0 saturated heterocycles. The standard InChI is InChI=1S/C22H25N3O4/c1-25-12-11-23-22(25)21(17-7-5-6-8-19(17)29-4)24-20(26)14-15-13-16(27-2)9-10-18(15)28-3/h5-13,21H,14H2,1-4H3,(H,24,26). The summed E-state index contributed by atoms with van der Waals surface area (Å²) < 4.78 is 18.0. The van der Waals surface area contributed by atoms with E-state index in [0.29, 0.717) is 23.1 Å². The summed E-state index contributed by atoms with van der Waals surface area (Å²) in [5.74, 6) is 2.52. The minimum atomic E-state index is -0.463. The number of amides is 1. The Morgan fingerprint density at radius 3 is 2.48 bits per heavy atom. The second-order valence-corrected chi connectivity index (χ2v) is 6.49. The van der Waals surface area contributed by atoms with E-state index in [1.54, 1.807) is 45.7 Å². The average Bonchev–Trinajstić information content (AvgIpc) is 3.17. The van der Waals surface area contributed by atoms with Crippen LogP contribution < -0.4 is 19.5 Å². The normalized spacial score (nSPS) is 11.6. The molecule has 152 valence electrons. The summed E-state index contributed by atoms with van der Waals surface area (Å²) in [5, 5.41) is 3.09. The number of carbonyl (C=O) groups excluding carboxylic acids is 1. The summed E-state index contributed by atoms with van der Waals surface area (Å²) in [4.78, 5) is 17.4. The molecule has 1 heterocycles. The van der Waals surface area contributed by atoms with Gasteiger partial charge in [0.25, 0.3) is 0 Å². The molecular formula is C22H25N3O4. The Bertz CT molecular complexity index is 984. The van der Waals surface area contributed by atoms with Gasteiger partial charge in [-0.1, -0.05) is 18.2 Å². The van der Waals surface area contributed by atoms with E-state index in [4.69, 9.17) is 14.2 Å². The number of benzene rings is 2. The van der Waals surface area contributed by atoms with Gasteiger partial charge in [-0.05, 0) is 24.3 Å². The molecule has 7 heteroatoms. The molecular weight excluding hydrogens is 370 g/mol. The highest BCUT2D eigenvalue weighted by atomic mass is 16.5. The predicted molar refractivity (Wildman–Crippen MR) is 109 cm³/mol. The quantitative estimate of drug-likeness (QED) is 0.635. The van der Waals surface area contributed by atoms with Crippen LogP contribution in [0.1, 0.15) is 23.0 Å².